The van der Waals surface area contributed by atoms with Crippen LogP contribution in [0.5, 0.6) is 5.19 Å². The Morgan fingerprint density at radius 1 is 1.57 bits per heavy atom. The molecule has 2 heterocycles. The molecule has 0 radical (unpaired) electrons. The summed E-state index contributed by atoms with van der Waals surface area (Å²) >= 11 is 1.55. The molecule has 0 unspecified atom stereocenters. The Morgan fingerprint density at radius 2 is 2.36 bits per heavy atom. The SMILES string of the molecule is COc1nc(CN2CCOCC2)cs1. The Bertz CT molecular complexity index is 284. The van der Waals surface area contributed by atoms with Crippen molar-refractivity contribution in [1.29, 1.82) is 0 Å². The van der Waals surface area contributed by atoms with E-state index in [0.717, 1.165) is 43.7 Å². The summed E-state index contributed by atoms with van der Waals surface area (Å²) in [7, 11) is 1.65. The number of rotatable bonds is 3. The predicted molar refractivity (Wildman–Crippen MR) is 54.8 cm³/mol. The molecule has 4 nitrogen and oxygen atoms in total. The lowest BCUT2D eigenvalue weighted by Gasteiger charge is -2.25. The molecule has 14 heavy (non-hydrogen) atoms. The molecule has 0 atom stereocenters. The van der Waals surface area contributed by atoms with E-state index in [1.165, 1.54) is 0 Å². The second-order valence-corrected chi connectivity index (χ2v) is 4.02. The molecule has 0 aliphatic carbocycles. The smallest absolute Gasteiger partial charge is 0.273 e. The van der Waals surface area contributed by atoms with Gasteiger partial charge in [-0.15, -0.1) is 0 Å². The zero-order chi connectivity index (χ0) is 9.80. The number of hydrogen-bond donors (Lipinski definition) is 0. The zero-order valence-electron chi connectivity index (χ0n) is 8.23. The van der Waals surface area contributed by atoms with Crippen molar-refractivity contribution in [2.75, 3.05) is 33.4 Å². The Balaban J connectivity index is 1.89. The first-order valence-electron chi connectivity index (χ1n) is 4.67. The van der Waals surface area contributed by atoms with Crippen LogP contribution in [0.15, 0.2) is 5.38 Å². The average molecular weight is 214 g/mol. The normalized spacial score (nSPS) is 18.4. The van der Waals surface area contributed by atoms with Crippen LogP contribution in [0, 0.1) is 0 Å². The van der Waals surface area contributed by atoms with E-state index in [-0.39, 0.29) is 0 Å². The Labute approximate surface area is 87.5 Å². The number of thiazole rings is 1. The van der Waals surface area contributed by atoms with E-state index in [4.69, 9.17) is 9.47 Å². The van der Waals surface area contributed by atoms with Gasteiger partial charge in [0.2, 0.25) is 0 Å². The van der Waals surface area contributed by atoms with Crippen LogP contribution in [0.2, 0.25) is 0 Å². The average Bonchev–Trinajstić information content (AvgIpc) is 2.67. The highest BCUT2D eigenvalue weighted by atomic mass is 32.1. The molecule has 1 saturated heterocycles. The molecule has 1 aromatic heterocycles. The van der Waals surface area contributed by atoms with E-state index >= 15 is 0 Å². The Hall–Kier alpha value is -0.650. The van der Waals surface area contributed by atoms with Gasteiger partial charge in [-0.05, 0) is 0 Å². The lowest BCUT2D eigenvalue weighted by Crippen LogP contribution is -2.35. The fraction of sp³-hybridized carbons (Fsp3) is 0.667. The highest BCUT2D eigenvalue weighted by Crippen LogP contribution is 2.18. The van der Waals surface area contributed by atoms with E-state index in [1.807, 2.05) is 5.38 Å². The third kappa shape index (κ3) is 2.43. The molecule has 0 N–H and O–H groups in total. The van der Waals surface area contributed by atoms with Gasteiger partial charge >= 0.3 is 0 Å². The maximum atomic E-state index is 5.28. The number of aromatic nitrogens is 1. The lowest BCUT2D eigenvalue weighted by atomic mass is 10.4. The third-order valence-electron chi connectivity index (χ3n) is 2.19. The van der Waals surface area contributed by atoms with Crippen LogP contribution in [0.1, 0.15) is 5.69 Å². The van der Waals surface area contributed by atoms with Gasteiger partial charge in [-0.1, -0.05) is 11.3 Å². The lowest BCUT2D eigenvalue weighted by molar-refractivity contribution is 0.0337. The van der Waals surface area contributed by atoms with Crippen LogP contribution in [0.3, 0.4) is 0 Å². The monoisotopic (exact) mass is 214 g/mol. The van der Waals surface area contributed by atoms with Crippen molar-refractivity contribution in [3.8, 4) is 5.19 Å². The number of morpholine rings is 1. The van der Waals surface area contributed by atoms with Crippen molar-refractivity contribution < 1.29 is 9.47 Å². The van der Waals surface area contributed by atoms with Gasteiger partial charge in [-0.2, -0.15) is 0 Å². The minimum atomic E-state index is 0.744. The Morgan fingerprint density at radius 3 is 3.00 bits per heavy atom. The van der Waals surface area contributed by atoms with Crippen molar-refractivity contribution in [2.24, 2.45) is 0 Å². The van der Waals surface area contributed by atoms with Crippen LogP contribution in [0.25, 0.3) is 0 Å². The van der Waals surface area contributed by atoms with Crippen molar-refractivity contribution >= 4 is 11.3 Å². The minimum Gasteiger partial charge on any atom is -0.473 e. The summed E-state index contributed by atoms with van der Waals surface area (Å²) in [5.74, 6) is 0. The van der Waals surface area contributed by atoms with E-state index in [2.05, 4.69) is 9.88 Å². The second kappa shape index (κ2) is 4.72. The molecule has 1 aliphatic rings. The van der Waals surface area contributed by atoms with Gasteiger partial charge in [0.15, 0.2) is 0 Å². The molecule has 0 aromatic carbocycles. The summed E-state index contributed by atoms with van der Waals surface area (Å²) in [4.78, 5) is 6.68. The molecule has 0 spiro atoms. The van der Waals surface area contributed by atoms with E-state index < -0.39 is 0 Å². The summed E-state index contributed by atoms with van der Waals surface area (Å²) in [5.41, 5.74) is 1.09. The standard InChI is InChI=1S/C9H14N2O2S/c1-12-9-10-8(7-14-9)6-11-2-4-13-5-3-11/h7H,2-6H2,1H3. The van der Waals surface area contributed by atoms with Crippen LogP contribution in [-0.2, 0) is 11.3 Å². The van der Waals surface area contributed by atoms with Crippen LogP contribution in [0.4, 0.5) is 0 Å². The molecule has 0 saturated carbocycles. The summed E-state index contributed by atoms with van der Waals surface area (Å²) in [6.07, 6.45) is 0. The quantitative estimate of drug-likeness (QED) is 0.751. The first-order valence-corrected chi connectivity index (χ1v) is 5.55. The van der Waals surface area contributed by atoms with Gasteiger partial charge in [0, 0.05) is 25.0 Å². The molecular weight excluding hydrogens is 200 g/mol. The zero-order valence-corrected chi connectivity index (χ0v) is 9.05. The molecule has 5 heteroatoms. The number of hydrogen-bond acceptors (Lipinski definition) is 5. The first kappa shape index (κ1) is 9.89. The predicted octanol–water partition coefficient (Wildman–Crippen LogP) is 0.984. The Kier molecular flexibility index (Phi) is 3.34. The van der Waals surface area contributed by atoms with Crippen molar-refractivity contribution in [3.63, 3.8) is 0 Å². The first-order chi connectivity index (χ1) is 6.88. The largest absolute Gasteiger partial charge is 0.473 e. The molecule has 1 aliphatic heterocycles. The van der Waals surface area contributed by atoms with Gasteiger partial charge in [0.25, 0.3) is 5.19 Å². The molecule has 1 fully saturated rings. The molecule has 1 aromatic rings. The molecule has 0 amide bonds. The van der Waals surface area contributed by atoms with Gasteiger partial charge < -0.3 is 9.47 Å². The van der Waals surface area contributed by atoms with Gasteiger partial charge in [-0.25, -0.2) is 4.98 Å². The van der Waals surface area contributed by atoms with Gasteiger partial charge in [0.1, 0.15) is 0 Å². The topological polar surface area (TPSA) is 34.6 Å². The number of ether oxygens (including phenoxy) is 2. The van der Waals surface area contributed by atoms with Crippen LogP contribution < -0.4 is 4.74 Å². The fourth-order valence-electron chi connectivity index (χ4n) is 1.44. The molecule has 78 valence electrons. The maximum Gasteiger partial charge on any atom is 0.273 e. The number of methoxy groups -OCH3 is 1. The highest BCUT2D eigenvalue weighted by Gasteiger charge is 2.12. The maximum absolute atomic E-state index is 5.28. The van der Waals surface area contributed by atoms with E-state index in [0.29, 0.717) is 0 Å². The fourth-order valence-corrected chi connectivity index (χ4v) is 2.07. The van der Waals surface area contributed by atoms with Crippen molar-refractivity contribution in [2.45, 2.75) is 6.54 Å². The third-order valence-corrected chi connectivity index (χ3v) is 3.04. The van der Waals surface area contributed by atoms with Gasteiger partial charge in [-0.3, -0.25) is 4.90 Å². The van der Waals surface area contributed by atoms with Crippen molar-refractivity contribution in [3.05, 3.63) is 11.1 Å². The second-order valence-electron chi connectivity index (χ2n) is 3.20. The van der Waals surface area contributed by atoms with Crippen molar-refractivity contribution in [1.82, 2.24) is 9.88 Å². The minimum absolute atomic E-state index is 0.744. The van der Waals surface area contributed by atoms with Crippen LogP contribution in [-0.4, -0.2) is 43.3 Å². The number of nitrogens with zero attached hydrogens (tertiary/aromatic N) is 2. The summed E-state index contributed by atoms with van der Waals surface area (Å²) in [6.45, 7) is 4.57. The summed E-state index contributed by atoms with van der Waals surface area (Å²) in [6, 6.07) is 0. The van der Waals surface area contributed by atoms with E-state index in [9.17, 15) is 0 Å². The summed E-state index contributed by atoms with van der Waals surface area (Å²) < 4.78 is 10.3. The molecular formula is C9H14N2O2S. The summed E-state index contributed by atoms with van der Waals surface area (Å²) in [5, 5.41) is 2.79. The van der Waals surface area contributed by atoms with E-state index in [1.54, 1.807) is 18.4 Å². The molecule has 2 rings (SSSR count). The van der Waals surface area contributed by atoms with Crippen LogP contribution >= 0.6 is 11.3 Å². The molecule has 0 bridgehead atoms. The highest BCUT2D eigenvalue weighted by molar-refractivity contribution is 7.11. The van der Waals surface area contributed by atoms with Gasteiger partial charge in [0.05, 0.1) is 26.0 Å².